The predicted molar refractivity (Wildman–Crippen MR) is 81.1 cm³/mol. The van der Waals surface area contributed by atoms with Gasteiger partial charge in [0, 0.05) is 13.0 Å². The minimum Gasteiger partial charge on any atom is -0.507 e. The third-order valence-corrected chi connectivity index (χ3v) is 3.13. The highest BCUT2D eigenvalue weighted by atomic mass is 16.4. The number of aryl methyl sites for hydroxylation is 1. The maximum atomic E-state index is 11.8. The van der Waals surface area contributed by atoms with Crippen molar-refractivity contribution in [3.8, 4) is 5.75 Å². The molecular weight excluding hydrogens is 304 g/mol. The lowest BCUT2D eigenvalue weighted by Gasteiger charge is -2.18. The molecule has 0 aliphatic carbocycles. The first-order valence-corrected chi connectivity index (χ1v) is 6.94. The Morgan fingerprint density at radius 1 is 1.22 bits per heavy atom. The van der Waals surface area contributed by atoms with Crippen molar-refractivity contribution < 1.29 is 29.7 Å². The summed E-state index contributed by atoms with van der Waals surface area (Å²) in [5, 5.41) is 32.5. The fourth-order valence-corrected chi connectivity index (χ4v) is 1.65. The summed E-state index contributed by atoms with van der Waals surface area (Å²) < 4.78 is 0. The van der Waals surface area contributed by atoms with Crippen LogP contribution >= 0.6 is 0 Å². The van der Waals surface area contributed by atoms with E-state index in [-0.39, 0.29) is 24.3 Å². The molecule has 1 aromatic rings. The van der Waals surface area contributed by atoms with Crippen LogP contribution in [0.15, 0.2) is 18.2 Å². The van der Waals surface area contributed by atoms with Crippen LogP contribution in [-0.4, -0.2) is 51.8 Å². The number of aliphatic carboxylic acids is 1. The molecule has 5 N–H and O–H groups in total. The molecule has 0 heterocycles. The van der Waals surface area contributed by atoms with E-state index < -0.39 is 29.9 Å². The molecule has 8 heteroatoms. The molecule has 23 heavy (non-hydrogen) atoms. The second-order valence-corrected chi connectivity index (χ2v) is 5.38. The van der Waals surface area contributed by atoms with Crippen molar-refractivity contribution >= 4 is 17.8 Å². The smallest absolute Gasteiger partial charge is 0.337 e. The van der Waals surface area contributed by atoms with Gasteiger partial charge in [0.15, 0.2) is 5.60 Å². The molecule has 1 aromatic carbocycles. The molecule has 0 saturated heterocycles. The molecule has 8 nitrogen and oxygen atoms in total. The summed E-state index contributed by atoms with van der Waals surface area (Å²) in [6.07, 6.45) is -0.0892. The molecule has 0 aliphatic rings. The van der Waals surface area contributed by atoms with E-state index in [1.54, 1.807) is 13.0 Å². The van der Waals surface area contributed by atoms with E-state index in [9.17, 15) is 24.6 Å². The van der Waals surface area contributed by atoms with Crippen molar-refractivity contribution in [1.29, 1.82) is 0 Å². The number of phenols is 1. The molecule has 0 aromatic heterocycles. The number of carboxylic acid groups (broad SMARTS) is 1. The summed E-state index contributed by atoms with van der Waals surface area (Å²) in [6.45, 7) is 2.41. The Hall–Kier alpha value is -2.61. The Balaban J connectivity index is 2.40. The lowest BCUT2D eigenvalue weighted by Crippen LogP contribution is -2.47. The highest BCUT2D eigenvalue weighted by Crippen LogP contribution is 2.17. The number of aromatic hydroxyl groups is 1. The first-order valence-electron chi connectivity index (χ1n) is 6.94. The van der Waals surface area contributed by atoms with Crippen molar-refractivity contribution in [3.05, 3.63) is 29.3 Å². The number of benzene rings is 1. The SMILES string of the molecule is Cc1ccc(C(=O)NCCC(=O)NCC(C)(O)C(=O)O)c(O)c1. The number of rotatable bonds is 7. The second-order valence-electron chi connectivity index (χ2n) is 5.38. The van der Waals surface area contributed by atoms with Gasteiger partial charge in [-0.05, 0) is 31.5 Å². The second kappa shape index (κ2) is 7.59. The van der Waals surface area contributed by atoms with Gasteiger partial charge in [0.05, 0.1) is 12.1 Å². The summed E-state index contributed by atoms with van der Waals surface area (Å²) in [5.74, 6) is -2.63. The van der Waals surface area contributed by atoms with Crippen molar-refractivity contribution in [2.24, 2.45) is 0 Å². The molecule has 1 unspecified atom stereocenters. The monoisotopic (exact) mass is 324 g/mol. The van der Waals surface area contributed by atoms with Crippen LogP contribution in [0.1, 0.15) is 29.3 Å². The van der Waals surface area contributed by atoms with Crippen LogP contribution in [0.25, 0.3) is 0 Å². The summed E-state index contributed by atoms with van der Waals surface area (Å²) in [5.41, 5.74) is -1.14. The number of nitrogens with one attached hydrogen (secondary N) is 2. The minimum atomic E-state index is -2.05. The Labute approximate surface area is 133 Å². The number of carbonyl (C=O) groups is 3. The molecule has 0 radical (unpaired) electrons. The summed E-state index contributed by atoms with van der Waals surface area (Å²) in [7, 11) is 0. The van der Waals surface area contributed by atoms with Gasteiger partial charge in [-0.2, -0.15) is 0 Å². The zero-order chi connectivity index (χ0) is 17.6. The molecular formula is C15H20N2O6. The lowest BCUT2D eigenvalue weighted by molar-refractivity contribution is -0.156. The largest absolute Gasteiger partial charge is 0.507 e. The Morgan fingerprint density at radius 3 is 2.43 bits per heavy atom. The average Bonchev–Trinajstić information content (AvgIpc) is 2.44. The molecule has 0 aliphatic heterocycles. The molecule has 2 amide bonds. The fourth-order valence-electron chi connectivity index (χ4n) is 1.65. The first kappa shape index (κ1) is 18.4. The third kappa shape index (κ3) is 5.59. The van der Waals surface area contributed by atoms with E-state index in [2.05, 4.69) is 10.6 Å². The Kier molecular flexibility index (Phi) is 6.09. The number of hydrogen-bond acceptors (Lipinski definition) is 5. The van der Waals surface area contributed by atoms with Crippen LogP contribution in [-0.2, 0) is 9.59 Å². The normalized spacial score (nSPS) is 13.0. The molecule has 0 saturated carbocycles. The van der Waals surface area contributed by atoms with Gasteiger partial charge in [0.1, 0.15) is 5.75 Å². The zero-order valence-corrected chi connectivity index (χ0v) is 12.9. The number of amides is 2. The van der Waals surface area contributed by atoms with Gasteiger partial charge in [0.2, 0.25) is 5.91 Å². The molecule has 0 bridgehead atoms. The van der Waals surface area contributed by atoms with Gasteiger partial charge in [0.25, 0.3) is 5.91 Å². The van der Waals surface area contributed by atoms with Gasteiger partial charge >= 0.3 is 5.97 Å². The van der Waals surface area contributed by atoms with Crippen LogP contribution in [0.5, 0.6) is 5.75 Å². The quantitative estimate of drug-likeness (QED) is 0.470. The van der Waals surface area contributed by atoms with E-state index in [1.165, 1.54) is 12.1 Å². The van der Waals surface area contributed by atoms with Crippen LogP contribution in [0.2, 0.25) is 0 Å². The van der Waals surface area contributed by atoms with E-state index in [0.29, 0.717) is 0 Å². The summed E-state index contributed by atoms with van der Waals surface area (Å²) >= 11 is 0. The van der Waals surface area contributed by atoms with Crippen molar-refractivity contribution in [2.45, 2.75) is 25.9 Å². The highest BCUT2D eigenvalue weighted by molar-refractivity contribution is 5.97. The molecule has 1 rings (SSSR count). The predicted octanol–water partition coefficient (Wildman–Crippen LogP) is -0.228. The fraction of sp³-hybridized carbons (Fsp3) is 0.400. The Morgan fingerprint density at radius 2 is 1.87 bits per heavy atom. The van der Waals surface area contributed by atoms with E-state index in [4.69, 9.17) is 5.11 Å². The number of carbonyl (C=O) groups excluding carboxylic acids is 2. The van der Waals surface area contributed by atoms with E-state index >= 15 is 0 Å². The summed E-state index contributed by atoms with van der Waals surface area (Å²) in [4.78, 5) is 34.0. The van der Waals surface area contributed by atoms with Crippen LogP contribution in [0, 0.1) is 6.92 Å². The van der Waals surface area contributed by atoms with Gasteiger partial charge < -0.3 is 26.0 Å². The number of phenolic OH excluding ortho intramolecular Hbond substituents is 1. The molecule has 0 spiro atoms. The van der Waals surface area contributed by atoms with Crippen molar-refractivity contribution in [1.82, 2.24) is 10.6 Å². The van der Waals surface area contributed by atoms with Crippen LogP contribution < -0.4 is 10.6 Å². The first-order chi connectivity index (χ1) is 10.6. The minimum absolute atomic E-state index is 0.00714. The number of hydrogen-bond donors (Lipinski definition) is 5. The molecule has 1 atom stereocenters. The number of aliphatic hydroxyl groups is 1. The topological polar surface area (TPSA) is 136 Å². The number of carboxylic acids is 1. The van der Waals surface area contributed by atoms with Crippen molar-refractivity contribution in [3.63, 3.8) is 0 Å². The average molecular weight is 324 g/mol. The van der Waals surface area contributed by atoms with Gasteiger partial charge in [-0.3, -0.25) is 9.59 Å². The standard InChI is InChI=1S/C15H20N2O6/c1-9-3-4-10(11(18)7-9)13(20)16-6-5-12(19)17-8-15(2,23)14(21)22/h3-4,7,18,23H,5-6,8H2,1-2H3,(H,16,20)(H,17,19)(H,21,22). The van der Waals surface area contributed by atoms with Crippen LogP contribution in [0.4, 0.5) is 0 Å². The van der Waals surface area contributed by atoms with Crippen molar-refractivity contribution in [2.75, 3.05) is 13.1 Å². The van der Waals surface area contributed by atoms with E-state index in [1.807, 2.05) is 0 Å². The maximum absolute atomic E-state index is 11.8. The van der Waals surface area contributed by atoms with Gasteiger partial charge in [-0.1, -0.05) is 6.07 Å². The Bertz CT molecular complexity index is 612. The highest BCUT2D eigenvalue weighted by Gasteiger charge is 2.30. The maximum Gasteiger partial charge on any atom is 0.337 e. The molecule has 126 valence electrons. The van der Waals surface area contributed by atoms with Crippen LogP contribution in [0.3, 0.4) is 0 Å². The lowest BCUT2D eigenvalue weighted by atomic mass is 10.1. The molecule has 0 fully saturated rings. The summed E-state index contributed by atoms with van der Waals surface area (Å²) in [6, 6.07) is 4.61. The van der Waals surface area contributed by atoms with Gasteiger partial charge in [-0.25, -0.2) is 4.79 Å². The van der Waals surface area contributed by atoms with E-state index in [0.717, 1.165) is 12.5 Å². The third-order valence-electron chi connectivity index (χ3n) is 3.13. The zero-order valence-electron chi connectivity index (χ0n) is 12.9. The van der Waals surface area contributed by atoms with Gasteiger partial charge in [-0.15, -0.1) is 0 Å².